The van der Waals surface area contributed by atoms with Crippen molar-refractivity contribution in [3.63, 3.8) is 0 Å². The highest BCUT2D eigenvalue weighted by Gasteiger charge is 2.18. The molecule has 0 saturated heterocycles. The molecule has 2 rings (SSSR count). The van der Waals surface area contributed by atoms with E-state index in [-0.39, 0.29) is 48.9 Å². The van der Waals surface area contributed by atoms with Gasteiger partial charge in [0.05, 0.1) is 50.4 Å². The highest BCUT2D eigenvalue weighted by molar-refractivity contribution is 5.92. The highest BCUT2D eigenvalue weighted by Crippen LogP contribution is 2.35. The first-order chi connectivity index (χ1) is 15.8. The number of aromatic hydroxyl groups is 2. The molecule has 13 nitrogen and oxygen atoms in total. The van der Waals surface area contributed by atoms with Gasteiger partial charge >= 0.3 is 5.97 Å². The van der Waals surface area contributed by atoms with Crippen molar-refractivity contribution in [3.8, 4) is 23.3 Å². The average Bonchev–Trinajstić information content (AvgIpc) is 3.11. The summed E-state index contributed by atoms with van der Waals surface area (Å²) in [5.41, 5.74) is -0.101. The van der Waals surface area contributed by atoms with Crippen LogP contribution >= 0.6 is 0 Å². The molecule has 0 fully saturated rings. The van der Waals surface area contributed by atoms with E-state index in [1.54, 1.807) is 0 Å². The van der Waals surface area contributed by atoms with Crippen LogP contribution in [0.25, 0.3) is 6.08 Å². The van der Waals surface area contributed by atoms with Crippen LogP contribution in [0.5, 0.6) is 23.3 Å². The normalized spacial score (nSPS) is 10.7. The van der Waals surface area contributed by atoms with Crippen LogP contribution in [0.2, 0.25) is 0 Å². The van der Waals surface area contributed by atoms with Gasteiger partial charge in [0.15, 0.2) is 11.5 Å². The Balaban J connectivity index is 1.76. The monoisotopic (exact) mass is 465 g/mol. The third kappa shape index (κ3) is 7.14. The van der Waals surface area contributed by atoms with Crippen molar-refractivity contribution in [2.24, 2.45) is 0 Å². The van der Waals surface area contributed by atoms with Crippen LogP contribution in [-0.4, -0.2) is 65.7 Å². The van der Waals surface area contributed by atoms with Crippen molar-refractivity contribution < 1.29 is 43.8 Å². The highest BCUT2D eigenvalue weighted by atomic mass is 16.7. The second-order valence-electron chi connectivity index (χ2n) is 6.32. The molecule has 0 unspecified atom stereocenters. The Hall–Kier alpha value is -4.26. The van der Waals surface area contributed by atoms with E-state index in [0.29, 0.717) is 4.73 Å². The number of ether oxygens (including phenoxy) is 3. The average molecular weight is 465 g/mol. The Morgan fingerprint density at radius 1 is 1.12 bits per heavy atom. The second kappa shape index (κ2) is 12.0. The third-order valence-electron chi connectivity index (χ3n) is 4.13. The minimum Gasteiger partial charge on any atom is -0.493 e. The molecule has 0 aliphatic rings. The molecule has 0 aliphatic carbocycles. The van der Waals surface area contributed by atoms with Gasteiger partial charge in [0, 0.05) is 24.8 Å². The standard InChI is InChI=1S/C20H23N3O10/c1-30-15-11-13(14(23(28)29)12-16(15)31-2)3-4-17(24)21-8-10-32-9-7-20(27)33-22-18(25)5-6-19(22)26/h3-6,11-12,25-26H,7-10H2,1-2H3,(H,21,24). The molecule has 0 saturated carbocycles. The topological polar surface area (TPSA) is 172 Å². The maximum atomic E-state index is 12.0. The van der Waals surface area contributed by atoms with Gasteiger partial charge in [0.2, 0.25) is 17.7 Å². The number of nitrogens with one attached hydrogen (secondary N) is 1. The van der Waals surface area contributed by atoms with Crippen LogP contribution in [0.3, 0.4) is 0 Å². The van der Waals surface area contributed by atoms with E-state index < -0.39 is 28.6 Å². The lowest BCUT2D eigenvalue weighted by Gasteiger charge is -2.09. The van der Waals surface area contributed by atoms with E-state index in [4.69, 9.17) is 19.0 Å². The molecule has 1 aromatic heterocycles. The number of hydrogen-bond donors (Lipinski definition) is 3. The van der Waals surface area contributed by atoms with Gasteiger partial charge in [-0.1, -0.05) is 0 Å². The number of nitro groups is 1. The van der Waals surface area contributed by atoms with Crippen molar-refractivity contribution in [1.29, 1.82) is 0 Å². The largest absolute Gasteiger partial charge is 0.493 e. The van der Waals surface area contributed by atoms with Gasteiger partial charge in [-0.3, -0.25) is 14.9 Å². The molecule has 3 N–H and O–H groups in total. The SMILES string of the molecule is COc1cc(C=CC(=O)NCCOCCC(=O)On2c(O)ccc2O)c([N+](=O)[O-])cc1OC. The van der Waals surface area contributed by atoms with Gasteiger partial charge in [-0.05, 0) is 12.1 Å². The first-order valence-corrected chi connectivity index (χ1v) is 9.51. The number of nitrogens with zero attached hydrogens (tertiary/aromatic N) is 2. The van der Waals surface area contributed by atoms with Crippen LogP contribution in [0, 0.1) is 10.1 Å². The summed E-state index contributed by atoms with van der Waals surface area (Å²) < 4.78 is 15.9. The fourth-order valence-corrected chi connectivity index (χ4v) is 2.55. The lowest BCUT2D eigenvalue weighted by Crippen LogP contribution is -2.26. The number of methoxy groups -OCH3 is 2. The lowest BCUT2D eigenvalue weighted by molar-refractivity contribution is -0.385. The van der Waals surface area contributed by atoms with Gasteiger partial charge in [-0.15, -0.1) is 4.73 Å². The number of hydrogen-bond acceptors (Lipinski definition) is 10. The fraction of sp³-hybridized carbons (Fsp3) is 0.300. The van der Waals surface area contributed by atoms with Crippen molar-refractivity contribution in [1.82, 2.24) is 10.0 Å². The van der Waals surface area contributed by atoms with Gasteiger partial charge in [-0.2, -0.15) is 0 Å². The molecule has 0 bridgehead atoms. The Bertz CT molecular complexity index is 1010. The van der Waals surface area contributed by atoms with E-state index in [1.165, 1.54) is 32.4 Å². The zero-order valence-electron chi connectivity index (χ0n) is 17.8. The number of benzene rings is 1. The summed E-state index contributed by atoms with van der Waals surface area (Å²) in [7, 11) is 2.74. The second-order valence-corrected chi connectivity index (χ2v) is 6.32. The Labute approximate surface area is 187 Å². The lowest BCUT2D eigenvalue weighted by atomic mass is 10.1. The van der Waals surface area contributed by atoms with E-state index in [2.05, 4.69) is 5.32 Å². The number of carbonyl (C=O) groups excluding carboxylic acids is 2. The number of amides is 1. The summed E-state index contributed by atoms with van der Waals surface area (Å²) in [6, 6.07) is 4.89. The Morgan fingerprint density at radius 3 is 2.36 bits per heavy atom. The first-order valence-electron chi connectivity index (χ1n) is 9.51. The molecule has 1 aromatic carbocycles. The summed E-state index contributed by atoms with van der Waals surface area (Å²) in [4.78, 5) is 39.0. The Kier molecular flexibility index (Phi) is 9.06. The van der Waals surface area contributed by atoms with E-state index in [0.717, 1.165) is 18.2 Å². The molecule has 178 valence electrons. The molecule has 2 aromatic rings. The van der Waals surface area contributed by atoms with E-state index in [9.17, 15) is 29.9 Å². The minimum atomic E-state index is -0.750. The maximum absolute atomic E-state index is 12.0. The van der Waals surface area contributed by atoms with Crippen LogP contribution in [0.4, 0.5) is 5.69 Å². The summed E-state index contributed by atoms with van der Waals surface area (Å²) in [6.45, 7) is 0.181. The number of aromatic nitrogens is 1. The van der Waals surface area contributed by atoms with Crippen LogP contribution in [0.15, 0.2) is 30.3 Å². The number of nitro benzene ring substituents is 1. The molecule has 0 radical (unpaired) electrons. The number of carbonyl (C=O) groups is 2. The molecule has 1 heterocycles. The predicted octanol–water partition coefficient (Wildman–Crippen LogP) is 1.02. The van der Waals surface area contributed by atoms with Crippen molar-refractivity contribution in [2.75, 3.05) is 34.0 Å². The molecular formula is C20H23N3O10. The fourth-order valence-electron chi connectivity index (χ4n) is 2.55. The molecule has 33 heavy (non-hydrogen) atoms. The van der Waals surface area contributed by atoms with Crippen molar-refractivity contribution in [3.05, 3.63) is 46.0 Å². The van der Waals surface area contributed by atoms with Gasteiger partial charge in [-0.25, -0.2) is 4.79 Å². The van der Waals surface area contributed by atoms with Crippen LogP contribution in [0.1, 0.15) is 12.0 Å². The van der Waals surface area contributed by atoms with Crippen molar-refractivity contribution >= 4 is 23.6 Å². The third-order valence-corrected chi connectivity index (χ3v) is 4.13. The van der Waals surface area contributed by atoms with Crippen molar-refractivity contribution in [2.45, 2.75) is 6.42 Å². The van der Waals surface area contributed by atoms with Gasteiger partial charge < -0.3 is 34.6 Å². The quantitative estimate of drug-likeness (QED) is 0.178. The summed E-state index contributed by atoms with van der Waals surface area (Å²) >= 11 is 0. The molecule has 0 aliphatic heterocycles. The minimum absolute atomic E-state index is 0.0226. The smallest absolute Gasteiger partial charge is 0.335 e. The van der Waals surface area contributed by atoms with Crippen LogP contribution < -0.4 is 19.6 Å². The molecular weight excluding hydrogens is 442 g/mol. The van der Waals surface area contributed by atoms with Gasteiger partial charge in [0.1, 0.15) is 0 Å². The first kappa shape index (κ1) is 25.0. The Morgan fingerprint density at radius 2 is 1.76 bits per heavy atom. The predicted molar refractivity (Wildman–Crippen MR) is 113 cm³/mol. The van der Waals surface area contributed by atoms with Crippen LogP contribution in [-0.2, 0) is 14.3 Å². The van der Waals surface area contributed by atoms with Gasteiger partial charge in [0.25, 0.3) is 5.69 Å². The zero-order valence-corrected chi connectivity index (χ0v) is 17.8. The molecule has 0 spiro atoms. The van der Waals surface area contributed by atoms with E-state index in [1.807, 2.05) is 0 Å². The molecule has 13 heteroatoms. The molecule has 1 amide bonds. The summed E-state index contributed by atoms with van der Waals surface area (Å²) in [5, 5.41) is 32.6. The molecule has 0 atom stereocenters. The summed E-state index contributed by atoms with van der Waals surface area (Å²) in [5.74, 6) is -1.67. The number of rotatable bonds is 12. The maximum Gasteiger partial charge on any atom is 0.335 e. The van der Waals surface area contributed by atoms with E-state index >= 15 is 0 Å². The summed E-state index contributed by atoms with van der Waals surface area (Å²) in [6.07, 6.45) is 2.24. The zero-order chi connectivity index (χ0) is 24.4.